The van der Waals surface area contributed by atoms with E-state index in [9.17, 15) is 18.4 Å². The van der Waals surface area contributed by atoms with Gasteiger partial charge in [-0.1, -0.05) is 20.8 Å². The number of amides is 1. The molecular weight excluding hydrogens is 420 g/mol. The third-order valence-electron chi connectivity index (χ3n) is 4.98. The number of halogens is 2. The third-order valence-corrected chi connectivity index (χ3v) is 4.98. The second kappa shape index (κ2) is 8.61. The summed E-state index contributed by atoms with van der Waals surface area (Å²) in [6, 6.07) is 1.91. The molecule has 0 bridgehead atoms. The Bertz CT molecular complexity index is 1040. The standard InChI is InChI=1S/C23H29F2N3O4/c1-22(2,3)19(20(29)32-23(4,5)6)26-21(30)28-17-9-10-31-12-14(17)18(27-28)13-7-8-15(24)16(25)11-13/h7-8,11,19H,9-10,12H2,1-6H3,(H,26,30). The van der Waals surface area contributed by atoms with Gasteiger partial charge in [0, 0.05) is 17.5 Å². The van der Waals surface area contributed by atoms with E-state index in [4.69, 9.17) is 9.47 Å². The van der Waals surface area contributed by atoms with Crippen molar-refractivity contribution < 1.29 is 27.8 Å². The van der Waals surface area contributed by atoms with Crippen molar-refractivity contribution in [1.29, 1.82) is 0 Å². The fraction of sp³-hybridized carbons (Fsp3) is 0.522. The van der Waals surface area contributed by atoms with E-state index in [0.29, 0.717) is 35.5 Å². The van der Waals surface area contributed by atoms with Crippen molar-refractivity contribution in [3.63, 3.8) is 0 Å². The SMILES string of the molecule is CC(C)(C)OC(=O)C(NC(=O)n1nc(-c2ccc(F)c(F)c2)c2c1CCOC2)C(C)(C)C. The van der Waals surface area contributed by atoms with Crippen molar-refractivity contribution in [3.8, 4) is 11.3 Å². The molecule has 1 aliphatic heterocycles. The van der Waals surface area contributed by atoms with Gasteiger partial charge in [-0.2, -0.15) is 9.78 Å². The summed E-state index contributed by atoms with van der Waals surface area (Å²) < 4.78 is 39.4. The summed E-state index contributed by atoms with van der Waals surface area (Å²) in [5.41, 5.74) is 0.548. The second-order valence-electron chi connectivity index (χ2n) is 9.90. The van der Waals surface area contributed by atoms with Crippen LogP contribution in [0.4, 0.5) is 13.6 Å². The Morgan fingerprint density at radius 1 is 1.16 bits per heavy atom. The molecule has 1 aliphatic rings. The van der Waals surface area contributed by atoms with Crippen LogP contribution in [0.15, 0.2) is 18.2 Å². The highest BCUT2D eigenvalue weighted by Gasteiger charge is 2.37. The van der Waals surface area contributed by atoms with Crippen molar-refractivity contribution in [2.24, 2.45) is 5.41 Å². The van der Waals surface area contributed by atoms with E-state index in [2.05, 4.69) is 10.4 Å². The first kappa shape index (κ1) is 23.8. The van der Waals surface area contributed by atoms with Gasteiger partial charge in [0.1, 0.15) is 11.6 Å². The average molecular weight is 449 g/mol. The van der Waals surface area contributed by atoms with Crippen LogP contribution >= 0.6 is 0 Å². The highest BCUT2D eigenvalue weighted by atomic mass is 19.2. The molecule has 0 saturated heterocycles. The van der Waals surface area contributed by atoms with Gasteiger partial charge in [-0.15, -0.1) is 0 Å². The third kappa shape index (κ3) is 5.15. The van der Waals surface area contributed by atoms with Crippen molar-refractivity contribution in [3.05, 3.63) is 41.1 Å². The van der Waals surface area contributed by atoms with Crippen molar-refractivity contribution >= 4 is 12.0 Å². The van der Waals surface area contributed by atoms with Crippen LogP contribution in [0.1, 0.15) is 52.8 Å². The maximum Gasteiger partial charge on any atom is 0.343 e. The molecule has 0 radical (unpaired) electrons. The van der Waals surface area contributed by atoms with Crippen molar-refractivity contribution in [2.75, 3.05) is 6.61 Å². The molecule has 0 fully saturated rings. The monoisotopic (exact) mass is 449 g/mol. The number of ether oxygens (including phenoxy) is 2. The van der Waals surface area contributed by atoms with Gasteiger partial charge >= 0.3 is 12.0 Å². The first-order valence-corrected chi connectivity index (χ1v) is 10.5. The first-order chi connectivity index (χ1) is 14.8. The van der Waals surface area contributed by atoms with Gasteiger partial charge in [0.25, 0.3) is 0 Å². The van der Waals surface area contributed by atoms with E-state index in [1.807, 2.05) is 20.8 Å². The number of nitrogens with zero attached hydrogens (tertiary/aromatic N) is 2. The normalized spacial score (nSPS) is 15.1. The van der Waals surface area contributed by atoms with Crippen LogP contribution in [0, 0.1) is 17.0 Å². The zero-order chi connectivity index (χ0) is 23.8. The van der Waals surface area contributed by atoms with E-state index in [-0.39, 0.29) is 6.61 Å². The largest absolute Gasteiger partial charge is 0.458 e. The van der Waals surface area contributed by atoms with Gasteiger partial charge in [0.15, 0.2) is 11.6 Å². The molecule has 174 valence electrons. The van der Waals surface area contributed by atoms with E-state index in [0.717, 1.165) is 12.1 Å². The molecule has 1 atom stereocenters. The Labute approximate surface area is 186 Å². The second-order valence-corrected chi connectivity index (χ2v) is 9.90. The minimum Gasteiger partial charge on any atom is -0.458 e. The molecule has 0 saturated carbocycles. The number of fused-ring (bicyclic) bond motifs is 1. The number of hydrogen-bond acceptors (Lipinski definition) is 5. The van der Waals surface area contributed by atoms with E-state index in [1.165, 1.54) is 10.7 Å². The van der Waals surface area contributed by atoms with Gasteiger partial charge in [-0.25, -0.2) is 18.4 Å². The minimum absolute atomic E-state index is 0.186. The summed E-state index contributed by atoms with van der Waals surface area (Å²) in [5, 5.41) is 7.13. The zero-order valence-electron chi connectivity index (χ0n) is 19.2. The van der Waals surface area contributed by atoms with Gasteiger partial charge in [-0.3, -0.25) is 0 Å². The lowest BCUT2D eigenvalue weighted by molar-refractivity contribution is -0.160. The molecule has 1 aromatic carbocycles. The van der Waals surface area contributed by atoms with E-state index < -0.39 is 40.7 Å². The van der Waals surface area contributed by atoms with Crippen LogP contribution in [-0.4, -0.2) is 40.0 Å². The van der Waals surface area contributed by atoms with Crippen molar-refractivity contribution in [2.45, 2.75) is 66.2 Å². The van der Waals surface area contributed by atoms with Gasteiger partial charge < -0.3 is 14.8 Å². The molecule has 2 heterocycles. The Balaban J connectivity index is 1.97. The average Bonchev–Trinajstić information content (AvgIpc) is 3.05. The summed E-state index contributed by atoms with van der Waals surface area (Å²) in [4.78, 5) is 26.0. The Morgan fingerprint density at radius 3 is 2.44 bits per heavy atom. The Kier molecular flexibility index (Phi) is 6.42. The van der Waals surface area contributed by atoms with Crippen LogP contribution in [0.5, 0.6) is 0 Å². The number of esters is 1. The van der Waals surface area contributed by atoms with Gasteiger partial charge in [0.2, 0.25) is 0 Å². The summed E-state index contributed by atoms with van der Waals surface area (Å²) in [6.45, 7) is 11.3. The number of benzene rings is 1. The van der Waals surface area contributed by atoms with Crippen LogP contribution in [-0.2, 0) is 27.3 Å². The van der Waals surface area contributed by atoms with Crippen LogP contribution in [0.25, 0.3) is 11.3 Å². The predicted molar refractivity (Wildman–Crippen MR) is 114 cm³/mol. The molecule has 0 spiro atoms. The molecular formula is C23H29F2N3O4. The molecule has 9 heteroatoms. The zero-order valence-corrected chi connectivity index (χ0v) is 19.2. The number of rotatable bonds is 3. The molecule has 1 aromatic heterocycles. The molecule has 2 aromatic rings. The Hall–Kier alpha value is -2.81. The number of carbonyl (C=O) groups is 2. The molecule has 0 aliphatic carbocycles. The summed E-state index contributed by atoms with van der Waals surface area (Å²) in [5.74, 6) is -2.53. The van der Waals surface area contributed by atoms with Crippen molar-refractivity contribution in [1.82, 2.24) is 15.1 Å². The Morgan fingerprint density at radius 2 is 1.84 bits per heavy atom. The lowest BCUT2D eigenvalue weighted by atomic mass is 9.86. The summed E-state index contributed by atoms with van der Waals surface area (Å²) in [6.07, 6.45) is 0.409. The van der Waals surface area contributed by atoms with Gasteiger partial charge in [-0.05, 0) is 44.4 Å². The topological polar surface area (TPSA) is 82.5 Å². The number of aromatic nitrogens is 2. The fourth-order valence-corrected chi connectivity index (χ4v) is 3.45. The summed E-state index contributed by atoms with van der Waals surface area (Å²) >= 11 is 0. The van der Waals surface area contributed by atoms with Crippen LogP contribution in [0.3, 0.4) is 0 Å². The van der Waals surface area contributed by atoms with E-state index in [1.54, 1.807) is 20.8 Å². The highest BCUT2D eigenvalue weighted by molar-refractivity contribution is 5.86. The highest BCUT2D eigenvalue weighted by Crippen LogP contribution is 2.30. The number of hydrogen-bond donors (Lipinski definition) is 1. The molecule has 3 rings (SSSR count). The molecule has 1 unspecified atom stereocenters. The smallest absolute Gasteiger partial charge is 0.343 e. The molecule has 1 amide bonds. The number of carbonyl (C=O) groups excluding carboxylic acids is 2. The fourth-order valence-electron chi connectivity index (χ4n) is 3.45. The quantitative estimate of drug-likeness (QED) is 0.710. The maximum absolute atomic E-state index is 13.8. The van der Waals surface area contributed by atoms with Crippen LogP contribution in [0.2, 0.25) is 0 Å². The van der Waals surface area contributed by atoms with Gasteiger partial charge in [0.05, 0.1) is 24.6 Å². The van der Waals surface area contributed by atoms with E-state index >= 15 is 0 Å². The van der Waals surface area contributed by atoms with Crippen LogP contribution < -0.4 is 5.32 Å². The lowest BCUT2D eigenvalue weighted by Crippen LogP contribution is -2.52. The molecule has 7 nitrogen and oxygen atoms in total. The minimum atomic E-state index is -1.01. The predicted octanol–water partition coefficient (Wildman–Crippen LogP) is 4.22. The molecule has 32 heavy (non-hydrogen) atoms. The molecule has 1 N–H and O–H groups in total. The first-order valence-electron chi connectivity index (χ1n) is 10.5. The number of nitrogens with one attached hydrogen (secondary N) is 1. The lowest BCUT2D eigenvalue weighted by Gasteiger charge is -2.32. The summed E-state index contributed by atoms with van der Waals surface area (Å²) in [7, 11) is 0. The maximum atomic E-state index is 13.8.